The Bertz CT molecular complexity index is 71.4. The summed E-state index contributed by atoms with van der Waals surface area (Å²) in [6, 6.07) is 0. The molecule has 0 amide bonds. The van der Waals surface area contributed by atoms with Gasteiger partial charge in [0.05, 0.1) is 18.8 Å². The molecule has 3 nitrogen and oxygen atoms in total. The second kappa shape index (κ2) is 6.58. The van der Waals surface area contributed by atoms with Crippen molar-refractivity contribution in [3.05, 3.63) is 0 Å². The van der Waals surface area contributed by atoms with Crippen molar-refractivity contribution >= 4 is 0 Å². The van der Waals surface area contributed by atoms with E-state index >= 15 is 0 Å². The van der Waals surface area contributed by atoms with Gasteiger partial charge in [-0.25, -0.2) is 9.78 Å². The average Bonchev–Trinajstić information content (AvgIpc) is 1.85. The third-order valence-corrected chi connectivity index (χ3v) is 0.878. The predicted molar refractivity (Wildman–Crippen MR) is 43.3 cm³/mol. The maximum absolute atomic E-state index is 5.22. The molecule has 0 radical (unpaired) electrons. The first-order chi connectivity index (χ1) is 5.13. The Morgan fingerprint density at radius 3 is 2.00 bits per heavy atom. The van der Waals surface area contributed by atoms with Crippen molar-refractivity contribution < 1.29 is 14.5 Å². The summed E-state index contributed by atoms with van der Waals surface area (Å²) in [6.07, 6.45) is 0.381. The molecular formula is C8H18O3. The van der Waals surface area contributed by atoms with Crippen molar-refractivity contribution in [2.45, 2.75) is 39.9 Å². The lowest BCUT2D eigenvalue weighted by atomic mass is 10.5. The van der Waals surface area contributed by atoms with E-state index in [4.69, 9.17) is 14.5 Å². The molecule has 0 aromatic rings. The molecule has 0 atom stereocenters. The van der Waals surface area contributed by atoms with E-state index in [1.807, 2.05) is 27.7 Å². The quantitative estimate of drug-likeness (QED) is 0.338. The van der Waals surface area contributed by atoms with E-state index < -0.39 is 0 Å². The molecule has 0 saturated carbocycles. The van der Waals surface area contributed by atoms with Crippen LogP contribution in [0.4, 0.5) is 0 Å². The first-order valence-electron chi connectivity index (χ1n) is 4.02. The van der Waals surface area contributed by atoms with E-state index in [-0.39, 0.29) is 12.2 Å². The summed E-state index contributed by atoms with van der Waals surface area (Å²) in [5.41, 5.74) is 0. The molecule has 3 heteroatoms. The Balaban J connectivity index is 2.91. The van der Waals surface area contributed by atoms with Crippen LogP contribution in [-0.4, -0.2) is 25.4 Å². The van der Waals surface area contributed by atoms with Crippen molar-refractivity contribution in [3.63, 3.8) is 0 Å². The fourth-order valence-electron chi connectivity index (χ4n) is 0.502. The second-order valence-corrected chi connectivity index (χ2v) is 2.89. The zero-order chi connectivity index (χ0) is 8.69. The summed E-state index contributed by atoms with van der Waals surface area (Å²) in [4.78, 5) is 9.66. The standard InChI is InChI=1S/C8H18O3/c1-7(2)9-5-6-10-11-8(3)4/h7-8H,5-6H2,1-4H3. The highest BCUT2D eigenvalue weighted by Gasteiger charge is 1.95. The van der Waals surface area contributed by atoms with Gasteiger partial charge in [-0.15, -0.1) is 0 Å². The smallest absolute Gasteiger partial charge is 0.106 e. The molecule has 0 aromatic heterocycles. The van der Waals surface area contributed by atoms with Gasteiger partial charge in [0.15, 0.2) is 0 Å². The number of rotatable bonds is 6. The molecule has 0 aliphatic heterocycles. The predicted octanol–water partition coefficient (Wildman–Crippen LogP) is 1.77. The first kappa shape index (κ1) is 10.9. The number of hydrogen-bond acceptors (Lipinski definition) is 3. The lowest BCUT2D eigenvalue weighted by Crippen LogP contribution is -2.12. The van der Waals surface area contributed by atoms with Gasteiger partial charge in [-0.2, -0.15) is 0 Å². The molecule has 0 N–H and O–H groups in total. The van der Waals surface area contributed by atoms with Gasteiger partial charge in [0.25, 0.3) is 0 Å². The van der Waals surface area contributed by atoms with Crippen LogP contribution in [0.1, 0.15) is 27.7 Å². The lowest BCUT2D eigenvalue weighted by Gasteiger charge is -2.08. The molecular weight excluding hydrogens is 144 g/mol. The molecule has 0 spiro atoms. The molecule has 68 valence electrons. The molecule has 0 aromatic carbocycles. The maximum atomic E-state index is 5.22. The van der Waals surface area contributed by atoms with Gasteiger partial charge < -0.3 is 4.74 Å². The highest BCUT2D eigenvalue weighted by molar-refractivity contribution is 4.35. The third kappa shape index (κ3) is 9.88. The van der Waals surface area contributed by atoms with Crippen LogP contribution in [0.2, 0.25) is 0 Å². The van der Waals surface area contributed by atoms with Gasteiger partial charge in [0.2, 0.25) is 0 Å². The molecule has 0 saturated heterocycles. The van der Waals surface area contributed by atoms with Crippen LogP contribution in [0.5, 0.6) is 0 Å². The summed E-state index contributed by atoms with van der Waals surface area (Å²) >= 11 is 0. The molecule has 11 heavy (non-hydrogen) atoms. The van der Waals surface area contributed by atoms with Crippen LogP contribution in [0.15, 0.2) is 0 Å². The molecule has 0 bridgehead atoms. The fraction of sp³-hybridized carbons (Fsp3) is 1.00. The van der Waals surface area contributed by atoms with Gasteiger partial charge >= 0.3 is 0 Å². The highest BCUT2D eigenvalue weighted by atomic mass is 17.2. The van der Waals surface area contributed by atoms with Crippen LogP contribution < -0.4 is 0 Å². The summed E-state index contributed by atoms with van der Waals surface area (Å²) in [7, 11) is 0. The Morgan fingerprint density at radius 2 is 1.55 bits per heavy atom. The van der Waals surface area contributed by atoms with Crippen molar-refractivity contribution in [1.29, 1.82) is 0 Å². The van der Waals surface area contributed by atoms with Crippen LogP contribution in [0.3, 0.4) is 0 Å². The number of hydrogen-bond donors (Lipinski definition) is 0. The fourth-order valence-corrected chi connectivity index (χ4v) is 0.502. The maximum Gasteiger partial charge on any atom is 0.106 e. The minimum absolute atomic E-state index is 0.119. The van der Waals surface area contributed by atoms with Crippen molar-refractivity contribution in [2.24, 2.45) is 0 Å². The van der Waals surface area contributed by atoms with E-state index in [2.05, 4.69) is 0 Å². The van der Waals surface area contributed by atoms with Crippen LogP contribution in [0.25, 0.3) is 0 Å². The minimum Gasteiger partial charge on any atom is -0.376 e. The Labute approximate surface area is 68.6 Å². The van der Waals surface area contributed by atoms with Gasteiger partial charge in [-0.1, -0.05) is 0 Å². The molecule has 0 heterocycles. The van der Waals surface area contributed by atoms with Gasteiger partial charge in [0.1, 0.15) is 6.61 Å². The Kier molecular flexibility index (Phi) is 6.51. The van der Waals surface area contributed by atoms with Crippen molar-refractivity contribution in [2.75, 3.05) is 13.2 Å². The SMILES string of the molecule is CC(C)OCCOOC(C)C. The summed E-state index contributed by atoms with van der Waals surface area (Å²) in [6.45, 7) is 8.90. The third-order valence-electron chi connectivity index (χ3n) is 0.878. The first-order valence-corrected chi connectivity index (χ1v) is 4.02. The zero-order valence-corrected chi connectivity index (χ0v) is 7.79. The van der Waals surface area contributed by atoms with Gasteiger partial charge in [-0.05, 0) is 27.7 Å². The second-order valence-electron chi connectivity index (χ2n) is 2.89. The normalized spacial score (nSPS) is 11.5. The summed E-state index contributed by atoms with van der Waals surface area (Å²) < 4.78 is 5.22. The Hall–Kier alpha value is -0.120. The highest BCUT2D eigenvalue weighted by Crippen LogP contribution is 1.91. The van der Waals surface area contributed by atoms with Gasteiger partial charge in [-0.3, -0.25) is 0 Å². The Morgan fingerprint density at radius 1 is 0.909 bits per heavy atom. The summed E-state index contributed by atoms with van der Waals surface area (Å²) in [5, 5.41) is 0. The average molecular weight is 162 g/mol. The molecule has 0 rings (SSSR count). The van der Waals surface area contributed by atoms with E-state index in [9.17, 15) is 0 Å². The molecule has 0 aliphatic carbocycles. The van der Waals surface area contributed by atoms with Crippen LogP contribution >= 0.6 is 0 Å². The van der Waals surface area contributed by atoms with E-state index in [0.29, 0.717) is 13.2 Å². The monoisotopic (exact) mass is 162 g/mol. The minimum atomic E-state index is 0.119. The largest absolute Gasteiger partial charge is 0.376 e. The van der Waals surface area contributed by atoms with E-state index in [0.717, 1.165) is 0 Å². The van der Waals surface area contributed by atoms with Gasteiger partial charge in [0, 0.05) is 0 Å². The zero-order valence-electron chi connectivity index (χ0n) is 7.79. The van der Waals surface area contributed by atoms with Crippen LogP contribution in [-0.2, 0) is 14.5 Å². The van der Waals surface area contributed by atoms with Crippen molar-refractivity contribution in [3.8, 4) is 0 Å². The topological polar surface area (TPSA) is 27.7 Å². The summed E-state index contributed by atoms with van der Waals surface area (Å²) in [5.74, 6) is 0. The van der Waals surface area contributed by atoms with Crippen LogP contribution in [0, 0.1) is 0 Å². The molecule has 0 unspecified atom stereocenters. The molecule has 0 aliphatic rings. The molecule has 0 fully saturated rings. The number of ether oxygens (including phenoxy) is 1. The van der Waals surface area contributed by atoms with E-state index in [1.165, 1.54) is 0 Å². The van der Waals surface area contributed by atoms with E-state index in [1.54, 1.807) is 0 Å². The lowest BCUT2D eigenvalue weighted by molar-refractivity contribution is -0.321. The van der Waals surface area contributed by atoms with Crippen molar-refractivity contribution in [1.82, 2.24) is 0 Å².